The summed E-state index contributed by atoms with van der Waals surface area (Å²) in [5.74, 6) is 0. The molecule has 0 aromatic heterocycles. The molecule has 0 radical (unpaired) electrons. The zero-order chi connectivity index (χ0) is 21.9. The Morgan fingerprint density at radius 3 is 2.23 bits per heavy atom. The van der Waals surface area contributed by atoms with Crippen LogP contribution in [0.15, 0.2) is 53.4 Å². The van der Waals surface area contributed by atoms with Gasteiger partial charge >= 0.3 is 0 Å². The predicted octanol–water partition coefficient (Wildman–Crippen LogP) is 5.50. The molecule has 3 rings (SSSR count). The van der Waals surface area contributed by atoms with E-state index in [1.807, 2.05) is 52.0 Å². The van der Waals surface area contributed by atoms with Gasteiger partial charge in [0.05, 0.1) is 4.90 Å². The molecule has 0 bridgehead atoms. The minimum atomic E-state index is -3.60. The second kappa shape index (κ2) is 9.19. The second-order valence-electron chi connectivity index (χ2n) is 8.01. The Balaban J connectivity index is 1.85. The molecule has 0 aliphatic carbocycles. The highest BCUT2D eigenvalue weighted by Gasteiger charge is 2.23. The molecular weight excluding hydrogens is 392 g/mol. The van der Waals surface area contributed by atoms with Crippen LogP contribution in [0.2, 0.25) is 0 Å². The van der Waals surface area contributed by atoms with Crippen LogP contribution < -0.4 is 10.0 Å². The number of aryl methyl sites for hydroxylation is 4. The van der Waals surface area contributed by atoms with Gasteiger partial charge in [0.15, 0.2) is 0 Å². The van der Waals surface area contributed by atoms with Crippen LogP contribution in [-0.2, 0) is 16.4 Å². The van der Waals surface area contributed by atoms with Gasteiger partial charge in [-0.15, -0.1) is 0 Å². The molecule has 0 saturated heterocycles. The van der Waals surface area contributed by atoms with Crippen molar-refractivity contribution in [3.05, 3.63) is 70.8 Å². The average Bonchev–Trinajstić information content (AvgIpc) is 2.69. The third-order valence-electron chi connectivity index (χ3n) is 5.61. The van der Waals surface area contributed by atoms with Crippen molar-refractivity contribution in [3.63, 3.8) is 0 Å². The average molecular weight is 425 g/mol. The van der Waals surface area contributed by atoms with Crippen LogP contribution >= 0.6 is 0 Å². The molecule has 0 unspecified atom stereocenters. The quantitative estimate of drug-likeness (QED) is 0.502. The highest BCUT2D eigenvalue weighted by atomic mass is 32.2. The van der Waals surface area contributed by atoms with E-state index in [0.717, 1.165) is 28.8 Å². The van der Waals surface area contributed by atoms with Gasteiger partial charge in [-0.25, -0.2) is 13.1 Å². The van der Waals surface area contributed by atoms with E-state index in [0.29, 0.717) is 17.9 Å². The number of nitrogens with one attached hydrogen (secondary N) is 2. The smallest absolute Gasteiger partial charge is 0.241 e. The normalized spacial score (nSPS) is 12.8. The Morgan fingerprint density at radius 1 is 0.933 bits per heavy atom. The lowest BCUT2D eigenvalue weighted by Gasteiger charge is -2.22. The first-order chi connectivity index (χ1) is 14.3. The summed E-state index contributed by atoms with van der Waals surface area (Å²) in [5, 5.41) is 5.89. The van der Waals surface area contributed by atoms with Gasteiger partial charge in [-0.05, 0) is 55.7 Å². The first-order valence-electron chi connectivity index (χ1n) is 10.6. The van der Waals surface area contributed by atoms with Crippen molar-refractivity contribution >= 4 is 26.5 Å². The van der Waals surface area contributed by atoms with Gasteiger partial charge in [-0.3, -0.25) is 0 Å². The van der Waals surface area contributed by atoms with Crippen LogP contribution in [0, 0.1) is 20.8 Å². The molecule has 0 spiro atoms. The maximum atomic E-state index is 13.2. The Morgan fingerprint density at radius 2 is 1.60 bits per heavy atom. The van der Waals surface area contributed by atoms with Crippen molar-refractivity contribution < 1.29 is 8.42 Å². The van der Waals surface area contributed by atoms with E-state index >= 15 is 0 Å². The molecule has 0 heterocycles. The molecule has 0 saturated carbocycles. The highest BCUT2D eigenvalue weighted by Crippen LogP contribution is 2.28. The second-order valence-corrected chi connectivity index (χ2v) is 9.66. The van der Waals surface area contributed by atoms with Gasteiger partial charge in [0, 0.05) is 23.7 Å². The SMILES string of the molecule is CCc1ccc2ccccc2c1NC[C@H](CC)NS(=O)(=O)c1c(C)cc(C)cc1C. The number of fused-ring (bicyclic) bond motifs is 1. The molecule has 3 aromatic carbocycles. The Kier molecular flexibility index (Phi) is 6.84. The van der Waals surface area contributed by atoms with Gasteiger partial charge in [-0.1, -0.05) is 67.9 Å². The van der Waals surface area contributed by atoms with E-state index in [2.05, 4.69) is 41.2 Å². The van der Waals surface area contributed by atoms with E-state index in [-0.39, 0.29) is 6.04 Å². The number of benzene rings is 3. The third-order valence-corrected chi connectivity index (χ3v) is 7.43. The minimum Gasteiger partial charge on any atom is -0.383 e. The molecule has 2 N–H and O–H groups in total. The van der Waals surface area contributed by atoms with Crippen molar-refractivity contribution in [2.24, 2.45) is 0 Å². The standard InChI is InChI=1S/C25H32N2O2S/c1-6-20-12-13-21-10-8-9-11-23(21)24(20)26-16-22(7-2)27-30(28,29)25-18(4)14-17(3)15-19(25)5/h8-15,22,26-27H,6-7,16H2,1-5H3/t22-/m0/s1. The molecule has 0 aliphatic rings. The number of hydrogen-bond acceptors (Lipinski definition) is 3. The Hall–Kier alpha value is -2.37. The van der Waals surface area contributed by atoms with Crippen molar-refractivity contribution in [2.45, 2.75) is 58.4 Å². The molecule has 160 valence electrons. The largest absolute Gasteiger partial charge is 0.383 e. The van der Waals surface area contributed by atoms with Gasteiger partial charge in [0.25, 0.3) is 0 Å². The first kappa shape index (κ1) is 22.3. The topological polar surface area (TPSA) is 58.2 Å². The summed E-state index contributed by atoms with van der Waals surface area (Å²) in [4.78, 5) is 0.394. The van der Waals surface area contributed by atoms with Crippen LogP contribution in [0.25, 0.3) is 10.8 Å². The van der Waals surface area contributed by atoms with E-state index in [1.165, 1.54) is 16.3 Å². The van der Waals surface area contributed by atoms with E-state index in [9.17, 15) is 8.42 Å². The van der Waals surface area contributed by atoms with Crippen molar-refractivity contribution in [1.29, 1.82) is 0 Å². The van der Waals surface area contributed by atoms with E-state index < -0.39 is 10.0 Å². The van der Waals surface area contributed by atoms with Gasteiger partial charge in [0.2, 0.25) is 10.0 Å². The summed E-state index contributed by atoms with van der Waals surface area (Å²) >= 11 is 0. The van der Waals surface area contributed by atoms with Gasteiger partial charge in [-0.2, -0.15) is 0 Å². The van der Waals surface area contributed by atoms with Gasteiger partial charge < -0.3 is 5.32 Å². The van der Waals surface area contributed by atoms with E-state index in [4.69, 9.17) is 0 Å². The molecular formula is C25H32N2O2S. The fraction of sp³-hybridized carbons (Fsp3) is 0.360. The van der Waals surface area contributed by atoms with E-state index in [1.54, 1.807) is 0 Å². The summed E-state index contributed by atoms with van der Waals surface area (Å²) in [6.45, 7) is 10.4. The summed E-state index contributed by atoms with van der Waals surface area (Å²) < 4.78 is 29.3. The highest BCUT2D eigenvalue weighted by molar-refractivity contribution is 7.89. The summed E-state index contributed by atoms with van der Waals surface area (Å²) in [6.07, 6.45) is 1.61. The molecule has 5 heteroatoms. The maximum Gasteiger partial charge on any atom is 0.241 e. The number of anilines is 1. The molecule has 1 atom stereocenters. The summed E-state index contributed by atoms with van der Waals surface area (Å²) in [6, 6.07) is 16.2. The number of hydrogen-bond donors (Lipinski definition) is 2. The lowest BCUT2D eigenvalue weighted by Crippen LogP contribution is -2.39. The molecule has 0 amide bonds. The van der Waals surface area contributed by atoms with Crippen molar-refractivity contribution in [1.82, 2.24) is 4.72 Å². The summed E-state index contributed by atoms with van der Waals surface area (Å²) in [7, 11) is -3.60. The van der Waals surface area contributed by atoms with Crippen molar-refractivity contribution in [2.75, 3.05) is 11.9 Å². The van der Waals surface area contributed by atoms with Crippen LogP contribution in [-0.4, -0.2) is 21.0 Å². The number of rotatable bonds is 8. The monoisotopic (exact) mass is 424 g/mol. The molecule has 0 fully saturated rings. The molecule has 30 heavy (non-hydrogen) atoms. The van der Waals surface area contributed by atoms with Crippen LogP contribution in [0.4, 0.5) is 5.69 Å². The Bertz CT molecular complexity index is 1130. The maximum absolute atomic E-state index is 13.2. The van der Waals surface area contributed by atoms with Crippen LogP contribution in [0.5, 0.6) is 0 Å². The zero-order valence-electron chi connectivity index (χ0n) is 18.5. The molecule has 4 nitrogen and oxygen atoms in total. The Labute approximate surface area is 180 Å². The summed E-state index contributed by atoms with van der Waals surface area (Å²) in [5.41, 5.74) is 4.96. The lowest BCUT2D eigenvalue weighted by molar-refractivity contribution is 0.547. The fourth-order valence-corrected chi connectivity index (χ4v) is 5.96. The lowest BCUT2D eigenvalue weighted by atomic mass is 10.0. The third kappa shape index (κ3) is 4.68. The molecule has 3 aromatic rings. The fourth-order valence-electron chi connectivity index (χ4n) is 4.18. The first-order valence-corrected chi connectivity index (χ1v) is 12.1. The number of sulfonamides is 1. The minimum absolute atomic E-state index is 0.209. The van der Waals surface area contributed by atoms with Crippen LogP contribution in [0.1, 0.15) is 42.5 Å². The predicted molar refractivity (Wildman–Crippen MR) is 127 cm³/mol. The van der Waals surface area contributed by atoms with Gasteiger partial charge in [0.1, 0.15) is 0 Å². The molecule has 0 aliphatic heterocycles. The van der Waals surface area contributed by atoms with Crippen LogP contribution in [0.3, 0.4) is 0 Å². The zero-order valence-corrected chi connectivity index (χ0v) is 19.4. The van der Waals surface area contributed by atoms with Crippen molar-refractivity contribution in [3.8, 4) is 0 Å².